The maximum Gasteiger partial charge on any atom is 0.290 e. The minimum atomic E-state index is -2.62. The van der Waals surface area contributed by atoms with E-state index in [0.717, 1.165) is 24.2 Å². The Balaban J connectivity index is 1.88. The van der Waals surface area contributed by atoms with Crippen molar-refractivity contribution in [3.05, 3.63) is 53.7 Å². The lowest BCUT2D eigenvalue weighted by Gasteiger charge is -2.15. The number of aryl methyl sites for hydroxylation is 1. The summed E-state index contributed by atoms with van der Waals surface area (Å²) in [4.78, 5) is 16.3. The summed E-state index contributed by atoms with van der Waals surface area (Å²) in [5.74, 6) is -2.18. The number of rotatable bonds is 9. The van der Waals surface area contributed by atoms with E-state index in [4.69, 9.17) is 4.74 Å². The Bertz CT molecular complexity index is 739. The van der Waals surface area contributed by atoms with Gasteiger partial charge in [0.25, 0.3) is 11.7 Å². The fourth-order valence-electron chi connectivity index (χ4n) is 2.51. The number of benzene rings is 1. The predicted octanol–water partition coefficient (Wildman–Crippen LogP) is 4.93. The number of carbonyl (C=O) groups is 1. The van der Waals surface area contributed by atoms with Gasteiger partial charge in [-0.25, -0.2) is 4.98 Å². The molecule has 1 atom stereocenters. The molecule has 1 heterocycles. The van der Waals surface area contributed by atoms with Crippen LogP contribution in [-0.4, -0.2) is 28.8 Å². The van der Waals surface area contributed by atoms with Crippen molar-refractivity contribution in [2.45, 2.75) is 56.5 Å². The van der Waals surface area contributed by atoms with E-state index in [-0.39, 0.29) is 40.4 Å². The van der Waals surface area contributed by atoms with E-state index in [2.05, 4.69) is 10.3 Å². The second-order valence-corrected chi connectivity index (χ2v) is 7.44. The summed E-state index contributed by atoms with van der Waals surface area (Å²) in [6.45, 7) is 5.85. The molecule has 2 rings (SSSR count). The fourth-order valence-corrected chi connectivity index (χ4v) is 3.08. The smallest absolute Gasteiger partial charge is 0.290 e. The van der Waals surface area contributed by atoms with Crippen molar-refractivity contribution in [2.75, 3.05) is 0 Å². The van der Waals surface area contributed by atoms with Crippen molar-refractivity contribution in [3.8, 4) is 5.75 Å². The van der Waals surface area contributed by atoms with Gasteiger partial charge in [-0.15, -0.1) is 0 Å². The van der Waals surface area contributed by atoms with Gasteiger partial charge in [-0.3, -0.25) is 4.79 Å². The van der Waals surface area contributed by atoms with Gasteiger partial charge in [0, 0.05) is 12.2 Å². The number of halogens is 2. The lowest BCUT2D eigenvalue weighted by atomic mass is 10.1. The number of hydrogen-bond acceptors (Lipinski definition) is 4. The number of amides is 1. The SMILES string of the molecule is CC(CCc1ccc(OC(C)C)cc1)NC(=O)c1cccnc1SC(F)F. The molecule has 146 valence electrons. The molecule has 0 spiro atoms. The summed E-state index contributed by atoms with van der Waals surface area (Å²) in [5, 5.41) is 2.90. The Morgan fingerprint density at radius 1 is 1.19 bits per heavy atom. The van der Waals surface area contributed by atoms with Crippen molar-refractivity contribution < 1.29 is 18.3 Å². The average molecular weight is 394 g/mol. The number of ether oxygens (including phenoxy) is 1. The molecule has 0 saturated heterocycles. The number of thioether (sulfide) groups is 1. The summed E-state index contributed by atoms with van der Waals surface area (Å²) in [6, 6.07) is 10.8. The number of alkyl halides is 2. The third-order valence-corrected chi connectivity index (χ3v) is 4.48. The molecule has 27 heavy (non-hydrogen) atoms. The van der Waals surface area contributed by atoms with Crippen molar-refractivity contribution in [1.29, 1.82) is 0 Å². The van der Waals surface area contributed by atoms with Crippen LogP contribution in [0.2, 0.25) is 0 Å². The normalized spacial score (nSPS) is 12.3. The van der Waals surface area contributed by atoms with Crippen LogP contribution >= 0.6 is 11.8 Å². The molecule has 0 radical (unpaired) electrons. The van der Waals surface area contributed by atoms with Crippen molar-refractivity contribution in [3.63, 3.8) is 0 Å². The maximum absolute atomic E-state index is 12.6. The number of pyridine rings is 1. The number of aromatic nitrogens is 1. The van der Waals surface area contributed by atoms with Gasteiger partial charge in [-0.1, -0.05) is 12.1 Å². The molecule has 4 nitrogen and oxygen atoms in total. The van der Waals surface area contributed by atoms with Crippen molar-refractivity contribution in [2.24, 2.45) is 0 Å². The predicted molar refractivity (Wildman–Crippen MR) is 104 cm³/mol. The van der Waals surface area contributed by atoms with Crippen LogP contribution in [0, 0.1) is 0 Å². The van der Waals surface area contributed by atoms with E-state index < -0.39 is 5.76 Å². The highest BCUT2D eigenvalue weighted by Crippen LogP contribution is 2.26. The molecule has 1 N–H and O–H groups in total. The van der Waals surface area contributed by atoms with Crippen LogP contribution in [0.15, 0.2) is 47.6 Å². The summed E-state index contributed by atoms with van der Waals surface area (Å²) in [5.41, 5.74) is 1.31. The average Bonchev–Trinajstić information content (AvgIpc) is 2.60. The maximum atomic E-state index is 12.6. The zero-order chi connectivity index (χ0) is 19.8. The van der Waals surface area contributed by atoms with Gasteiger partial charge in [-0.05, 0) is 75.2 Å². The summed E-state index contributed by atoms with van der Waals surface area (Å²) in [7, 11) is 0. The summed E-state index contributed by atoms with van der Waals surface area (Å²) >= 11 is 0.279. The lowest BCUT2D eigenvalue weighted by Crippen LogP contribution is -2.33. The fraction of sp³-hybridized carbons (Fsp3) is 0.400. The topological polar surface area (TPSA) is 51.2 Å². The number of carbonyl (C=O) groups excluding carboxylic acids is 1. The molecule has 1 unspecified atom stereocenters. The molecule has 0 saturated carbocycles. The van der Waals surface area contributed by atoms with E-state index in [1.807, 2.05) is 45.0 Å². The molecule has 1 aromatic heterocycles. The number of hydrogen-bond donors (Lipinski definition) is 1. The van der Waals surface area contributed by atoms with E-state index >= 15 is 0 Å². The van der Waals surface area contributed by atoms with Crippen LogP contribution in [-0.2, 0) is 6.42 Å². The van der Waals surface area contributed by atoms with Crippen molar-refractivity contribution >= 4 is 17.7 Å². The second kappa shape index (κ2) is 10.3. The van der Waals surface area contributed by atoms with E-state index in [9.17, 15) is 13.6 Å². The molecule has 0 aliphatic carbocycles. The van der Waals surface area contributed by atoms with Gasteiger partial charge in [0.1, 0.15) is 10.8 Å². The van der Waals surface area contributed by atoms with Gasteiger partial charge in [0.15, 0.2) is 0 Å². The van der Waals surface area contributed by atoms with Crippen LogP contribution in [0.25, 0.3) is 0 Å². The molecule has 1 aromatic carbocycles. The first kappa shape index (κ1) is 21.2. The lowest BCUT2D eigenvalue weighted by molar-refractivity contribution is 0.0934. The standard InChI is InChI=1S/C20H24F2N2O2S/c1-13(2)26-16-10-8-15(9-11-16)7-6-14(3)24-18(25)17-5-4-12-23-19(17)27-20(21)22/h4-5,8-14,20H,6-7H2,1-3H3,(H,24,25). The van der Waals surface area contributed by atoms with Crippen LogP contribution in [0.5, 0.6) is 5.75 Å². The minimum absolute atomic E-state index is 0.0398. The van der Waals surface area contributed by atoms with Crippen LogP contribution in [0.1, 0.15) is 43.1 Å². The Labute approximate surface area is 162 Å². The minimum Gasteiger partial charge on any atom is -0.491 e. The van der Waals surface area contributed by atoms with Gasteiger partial charge in [0.2, 0.25) is 0 Å². The van der Waals surface area contributed by atoms with Gasteiger partial charge < -0.3 is 10.1 Å². The number of nitrogens with one attached hydrogen (secondary N) is 1. The molecular weight excluding hydrogens is 370 g/mol. The third-order valence-electron chi connectivity index (χ3n) is 3.76. The Hall–Kier alpha value is -2.15. The summed E-state index contributed by atoms with van der Waals surface area (Å²) in [6.07, 6.45) is 3.05. The zero-order valence-electron chi connectivity index (χ0n) is 15.6. The van der Waals surface area contributed by atoms with Crippen LogP contribution in [0.4, 0.5) is 8.78 Å². The molecule has 7 heteroatoms. The van der Waals surface area contributed by atoms with E-state index in [0.29, 0.717) is 0 Å². The zero-order valence-corrected chi connectivity index (χ0v) is 16.4. The third kappa shape index (κ3) is 7.17. The van der Waals surface area contributed by atoms with E-state index in [1.54, 1.807) is 6.07 Å². The van der Waals surface area contributed by atoms with E-state index in [1.165, 1.54) is 12.3 Å². The molecule has 0 bridgehead atoms. The second-order valence-electron chi connectivity index (χ2n) is 6.46. The Kier molecular flexibility index (Phi) is 8.03. The summed E-state index contributed by atoms with van der Waals surface area (Å²) < 4.78 is 30.8. The van der Waals surface area contributed by atoms with Gasteiger partial charge in [0.05, 0.1) is 11.7 Å². The number of nitrogens with zero attached hydrogens (tertiary/aromatic N) is 1. The monoisotopic (exact) mass is 394 g/mol. The molecule has 1 amide bonds. The highest BCUT2D eigenvalue weighted by Gasteiger charge is 2.18. The molecular formula is C20H24F2N2O2S. The Morgan fingerprint density at radius 2 is 1.89 bits per heavy atom. The highest BCUT2D eigenvalue weighted by molar-refractivity contribution is 7.99. The van der Waals surface area contributed by atoms with Gasteiger partial charge >= 0.3 is 0 Å². The highest BCUT2D eigenvalue weighted by atomic mass is 32.2. The first-order chi connectivity index (χ1) is 12.8. The molecule has 0 aliphatic heterocycles. The molecule has 0 aliphatic rings. The molecule has 0 fully saturated rings. The van der Waals surface area contributed by atoms with Gasteiger partial charge in [-0.2, -0.15) is 8.78 Å². The molecule has 2 aromatic rings. The van der Waals surface area contributed by atoms with Crippen molar-refractivity contribution in [1.82, 2.24) is 10.3 Å². The van der Waals surface area contributed by atoms with Crippen LogP contribution in [0.3, 0.4) is 0 Å². The first-order valence-corrected chi connectivity index (χ1v) is 9.69. The van der Waals surface area contributed by atoms with Crippen LogP contribution < -0.4 is 10.1 Å². The first-order valence-electron chi connectivity index (χ1n) is 8.81. The largest absolute Gasteiger partial charge is 0.491 e. The Morgan fingerprint density at radius 3 is 2.52 bits per heavy atom. The quantitative estimate of drug-likeness (QED) is 0.613.